The van der Waals surface area contributed by atoms with Gasteiger partial charge in [-0.25, -0.2) is 9.37 Å². The van der Waals surface area contributed by atoms with E-state index in [4.69, 9.17) is 30.2 Å². The molecule has 1 aromatic carbocycles. The van der Waals surface area contributed by atoms with Gasteiger partial charge in [0.05, 0.1) is 37.0 Å². The number of carbonyl (C=O) groups is 2. The van der Waals surface area contributed by atoms with Gasteiger partial charge in [-0.05, 0) is 43.9 Å². The van der Waals surface area contributed by atoms with Gasteiger partial charge in [0.2, 0.25) is 0 Å². The number of benzene rings is 1. The highest BCUT2D eigenvalue weighted by molar-refractivity contribution is 6.31. The summed E-state index contributed by atoms with van der Waals surface area (Å²) >= 11 is 5.75. The summed E-state index contributed by atoms with van der Waals surface area (Å²) in [6.45, 7) is 0. The Hall–Kier alpha value is -3.93. The number of hydrogen-bond acceptors (Lipinski definition) is 10. The van der Waals surface area contributed by atoms with Crippen LogP contribution in [0.3, 0.4) is 0 Å². The first-order valence-corrected chi connectivity index (χ1v) is 11.4. The summed E-state index contributed by atoms with van der Waals surface area (Å²) in [5.74, 6) is -1.27. The van der Waals surface area contributed by atoms with Crippen LogP contribution in [0.25, 0.3) is 0 Å². The third kappa shape index (κ3) is 6.00. The van der Waals surface area contributed by atoms with Crippen molar-refractivity contribution in [1.29, 1.82) is 0 Å². The third-order valence-electron chi connectivity index (χ3n) is 5.57. The van der Waals surface area contributed by atoms with Crippen molar-refractivity contribution < 1.29 is 32.6 Å². The number of pyridine rings is 1. The smallest absolute Gasteiger partial charge is 0.320 e. The van der Waals surface area contributed by atoms with Crippen LogP contribution < -0.4 is 20.1 Å². The summed E-state index contributed by atoms with van der Waals surface area (Å²) < 4.78 is 34.8. The SMILES string of the molecule is COc1cc(NC(=O)c2nnc(Nc3ccc(F)c(Cl)c3)o2)cnc1O[C@H]1CC[C@H](C(=O)OC)CC1. The maximum atomic E-state index is 13.3. The third-order valence-corrected chi connectivity index (χ3v) is 5.86. The normalized spacial score (nSPS) is 17.2. The number of nitrogens with one attached hydrogen (secondary N) is 2. The molecular weight excluding hydrogens is 497 g/mol. The highest BCUT2D eigenvalue weighted by Gasteiger charge is 2.28. The molecule has 0 bridgehead atoms. The summed E-state index contributed by atoms with van der Waals surface area (Å²) in [5.41, 5.74) is 0.719. The molecule has 0 saturated heterocycles. The molecular formula is C23H23ClFN5O6. The fourth-order valence-electron chi connectivity index (χ4n) is 3.72. The van der Waals surface area contributed by atoms with Gasteiger partial charge < -0.3 is 29.3 Å². The van der Waals surface area contributed by atoms with Crippen LogP contribution in [0, 0.1) is 11.7 Å². The van der Waals surface area contributed by atoms with Crippen molar-refractivity contribution in [2.45, 2.75) is 31.8 Å². The van der Waals surface area contributed by atoms with E-state index in [1.807, 2.05) is 0 Å². The Morgan fingerprint density at radius 2 is 1.89 bits per heavy atom. The van der Waals surface area contributed by atoms with E-state index in [1.54, 1.807) is 6.07 Å². The van der Waals surface area contributed by atoms with E-state index in [2.05, 4.69) is 25.8 Å². The largest absolute Gasteiger partial charge is 0.491 e. The lowest BCUT2D eigenvalue weighted by molar-refractivity contribution is -0.147. The summed E-state index contributed by atoms with van der Waals surface area (Å²) in [6, 6.07) is 5.42. The van der Waals surface area contributed by atoms with Crippen LogP contribution in [0.4, 0.5) is 21.8 Å². The van der Waals surface area contributed by atoms with Crippen molar-refractivity contribution in [2.75, 3.05) is 24.9 Å². The molecule has 11 nitrogen and oxygen atoms in total. The van der Waals surface area contributed by atoms with Gasteiger partial charge in [0.15, 0.2) is 5.75 Å². The second-order valence-electron chi connectivity index (χ2n) is 7.97. The minimum absolute atomic E-state index is 0.0794. The number of amides is 1. The number of nitrogens with zero attached hydrogens (tertiary/aromatic N) is 3. The number of halogens is 2. The van der Waals surface area contributed by atoms with Crippen molar-refractivity contribution in [2.24, 2.45) is 5.92 Å². The molecule has 36 heavy (non-hydrogen) atoms. The molecule has 190 valence electrons. The Bertz CT molecular complexity index is 1250. The minimum Gasteiger partial charge on any atom is -0.491 e. The summed E-state index contributed by atoms with van der Waals surface area (Å²) in [5, 5.41) is 12.7. The first kappa shape index (κ1) is 25.2. The van der Waals surface area contributed by atoms with Gasteiger partial charge >= 0.3 is 23.8 Å². The lowest BCUT2D eigenvalue weighted by atomic mass is 9.87. The maximum Gasteiger partial charge on any atom is 0.320 e. The van der Waals surface area contributed by atoms with Gasteiger partial charge in [-0.1, -0.05) is 16.7 Å². The Balaban J connectivity index is 1.36. The number of rotatable bonds is 8. The van der Waals surface area contributed by atoms with Crippen molar-refractivity contribution in [3.63, 3.8) is 0 Å². The molecule has 1 aliphatic rings. The van der Waals surface area contributed by atoms with Crippen LogP contribution in [0.15, 0.2) is 34.9 Å². The molecule has 0 aliphatic heterocycles. The molecule has 0 radical (unpaired) electrons. The van der Waals surface area contributed by atoms with Crippen LogP contribution in [-0.4, -0.2) is 47.4 Å². The van der Waals surface area contributed by atoms with E-state index in [0.717, 1.165) is 0 Å². The van der Waals surface area contributed by atoms with Crippen molar-refractivity contribution in [3.8, 4) is 11.6 Å². The molecule has 1 aliphatic carbocycles. The lowest BCUT2D eigenvalue weighted by Crippen LogP contribution is -2.28. The van der Waals surface area contributed by atoms with Crippen LogP contribution in [0.1, 0.15) is 36.4 Å². The molecule has 0 unspecified atom stereocenters. The zero-order valence-corrected chi connectivity index (χ0v) is 20.2. The summed E-state index contributed by atoms with van der Waals surface area (Å²) in [7, 11) is 2.85. The molecule has 0 spiro atoms. The molecule has 0 atom stereocenters. The van der Waals surface area contributed by atoms with Gasteiger partial charge in [0.1, 0.15) is 11.9 Å². The molecule has 1 saturated carbocycles. The molecule has 2 heterocycles. The molecule has 3 aromatic rings. The van der Waals surface area contributed by atoms with E-state index < -0.39 is 11.7 Å². The van der Waals surface area contributed by atoms with Crippen molar-refractivity contribution in [3.05, 3.63) is 47.2 Å². The maximum absolute atomic E-state index is 13.3. The molecule has 2 aromatic heterocycles. The second-order valence-corrected chi connectivity index (χ2v) is 8.37. The van der Waals surface area contributed by atoms with E-state index in [9.17, 15) is 14.0 Å². The number of aromatic nitrogens is 3. The van der Waals surface area contributed by atoms with E-state index in [-0.39, 0.29) is 40.8 Å². The Morgan fingerprint density at radius 1 is 1.11 bits per heavy atom. The Kier molecular flexibility index (Phi) is 7.84. The monoisotopic (exact) mass is 519 g/mol. The number of ether oxygens (including phenoxy) is 3. The van der Waals surface area contributed by atoms with Crippen LogP contribution in [-0.2, 0) is 9.53 Å². The Labute approximate surface area is 210 Å². The van der Waals surface area contributed by atoms with Gasteiger partial charge in [0, 0.05) is 11.8 Å². The van der Waals surface area contributed by atoms with Gasteiger partial charge in [-0.2, -0.15) is 0 Å². The number of hydrogen-bond donors (Lipinski definition) is 2. The first-order valence-electron chi connectivity index (χ1n) is 11.0. The van der Waals surface area contributed by atoms with Crippen molar-refractivity contribution in [1.82, 2.24) is 15.2 Å². The first-order chi connectivity index (χ1) is 17.4. The summed E-state index contributed by atoms with van der Waals surface area (Å²) in [4.78, 5) is 28.5. The van der Waals surface area contributed by atoms with Gasteiger partial charge in [-0.3, -0.25) is 9.59 Å². The van der Waals surface area contributed by atoms with Crippen LogP contribution in [0.5, 0.6) is 11.6 Å². The molecule has 2 N–H and O–H groups in total. The fraction of sp³-hybridized carbons (Fsp3) is 0.348. The minimum atomic E-state index is -0.675. The average Bonchev–Trinajstić information content (AvgIpc) is 3.35. The quantitative estimate of drug-likeness (QED) is 0.412. The highest BCUT2D eigenvalue weighted by atomic mass is 35.5. The fourth-order valence-corrected chi connectivity index (χ4v) is 3.90. The second kappa shape index (κ2) is 11.2. The van der Waals surface area contributed by atoms with Crippen molar-refractivity contribution >= 4 is 40.9 Å². The van der Waals surface area contributed by atoms with E-state index in [1.165, 1.54) is 38.6 Å². The zero-order valence-electron chi connectivity index (χ0n) is 19.4. The standard InChI is InChI=1S/C23H23ClFN5O6/c1-33-18-10-14(11-26-20(18)35-15-6-3-12(4-7-15)22(32)34-2)27-19(31)21-29-30-23(36-21)28-13-5-8-17(25)16(24)9-13/h5,8-12,15H,3-4,6-7H2,1-2H3,(H,27,31)(H,28,30)/t12-,15-. The Morgan fingerprint density at radius 3 is 2.58 bits per heavy atom. The summed E-state index contributed by atoms with van der Waals surface area (Å²) in [6.07, 6.45) is 3.99. The van der Waals surface area contributed by atoms with E-state index >= 15 is 0 Å². The average molecular weight is 520 g/mol. The molecule has 4 rings (SSSR count). The number of carbonyl (C=O) groups excluding carboxylic acids is 2. The highest BCUT2D eigenvalue weighted by Crippen LogP contribution is 2.33. The molecule has 1 fully saturated rings. The number of anilines is 3. The molecule has 1 amide bonds. The predicted molar refractivity (Wildman–Crippen MR) is 126 cm³/mol. The molecule has 13 heteroatoms. The van der Waals surface area contributed by atoms with Crippen LogP contribution >= 0.6 is 11.6 Å². The topological polar surface area (TPSA) is 138 Å². The van der Waals surface area contributed by atoms with Gasteiger partial charge in [0.25, 0.3) is 5.88 Å². The number of esters is 1. The lowest BCUT2D eigenvalue weighted by Gasteiger charge is -2.27. The van der Waals surface area contributed by atoms with E-state index in [0.29, 0.717) is 42.8 Å². The zero-order chi connectivity index (χ0) is 25.7. The predicted octanol–water partition coefficient (Wildman–Crippen LogP) is 4.37. The van der Waals surface area contributed by atoms with Crippen LogP contribution in [0.2, 0.25) is 5.02 Å². The number of methoxy groups -OCH3 is 2. The van der Waals surface area contributed by atoms with Gasteiger partial charge in [-0.15, -0.1) is 5.10 Å².